The Morgan fingerprint density at radius 2 is 2.00 bits per heavy atom. The fraction of sp³-hybridized carbons (Fsp3) is 0.500. The predicted octanol–water partition coefficient (Wildman–Crippen LogP) is 2.43. The fourth-order valence-electron chi connectivity index (χ4n) is 1.85. The van der Waals surface area contributed by atoms with Crippen molar-refractivity contribution in [3.8, 4) is 0 Å². The Bertz CT molecular complexity index is 424. The largest absolute Gasteiger partial charge is 0.351 e. The number of rotatable bonds is 7. The van der Waals surface area contributed by atoms with E-state index in [1.165, 1.54) is 12.1 Å². The van der Waals surface area contributed by atoms with E-state index in [1.54, 1.807) is 0 Å². The maximum Gasteiger partial charge on any atom is 0.254 e. The van der Waals surface area contributed by atoms with Crippen molar-refractivity contribution in [2.24, 2.45) is 0 Å². The third kappa shape index (κ3) is 4.59. The molecule has 19 heavy (non-hydrogen) atoms. The maximum absolute atomic E-state index is 13.4. The first kappa shape index (κ1) is 15.6. The Balaban J connectivity index is 2.49. The molecule has 1 aromatic rings. The molecule has 3 nitrogen and oxygen atoms in total. The summed E-state index contributed by atoms with van der Waals surface area (Å²) in [7, 11) is 0. The van der Waals surface area contributed by atoms with Gasteiger partial charge in [-0.05, 0) is 31.6 Å². The molecule has 1 N–H and O–H groups in total. The zero-order valence-corrected chi connectivity index (χ0v) is 11.4. The third-order valence-electron chi connectivity index (χ3n) is 2.90. The molecule has 0 atom stereocenters. The van der Waals surface area contributed by atoms with Crippen LogP contribution in [-0.4, -0.2) is 37.0 Å². The maximum atomic E-state index is 13.4. The van der Waals surface area contributed by atoms with Crippen molar-refractivity contribution < 1.29 is 13.6 Å². The smallest absolute Gasteiger partial charge is 0.254 e. The van der Waals surface area contributed by atoms with Crippen LogP contribution in [0.25, 0.3) is 0 Å². The monoisotopic (exact) mass is 270 g/mol. The fourth-order valence-corrected chi connectivity index (χ4v) is 1.85. The highest BCUT2D eigenvalue weighted by Crippen LogP contribution is 2.10. The van der Waals surface area contributed by atoms with E-state index in [4.69, 9.17) is 0 Å². The number of likely N-dealkylation sites (N-methyl/N-ethyl adjacent to an activating group) is 1. The molecule has 0 aromatic heterocycles. The molecule has 0 radical (unpaired) electrons. The SMILES string of the molecule is CCCN(CC)CCNC(=O)c1cccc(F)c1F. The number of amides is 1. The second kappa shape index (κ2) is 7.84. The summed E-state index contributed by atoms with van der Waals surface area (Å²) >= 11 is 0. The van der Waals surface area contributed by atoms with Gasteiger partial charge in [0.15, 0.2) is 11.6 Å². The normalized spacial score (nSPS) is 10.8. The lowest BCUT2D eigenvalue weighted by molar-refractivity contribution is 0.0943. The van der Waals surface area contributed by atoms with E-state index in [2.05, 4.69) is 17.1 Å². The zero-order valence-electron chi connectivity index (χ0n) is 11.4. The summed E-state index contributed by atoms with van der Waals surface area (Å²) in [6.07, 6.45) is 1.04. The second-order valence-electron chi connectivity index (χ2n) is 4.29. The number of hydrogen-bond donors (Lipinski definition) is 1. The van der Waals surface area contributed by atoms with Crippen molar-refractivity contribution in [3.05, 3.63) is 35.4 Å². The summed E-state index contributed by atoms with van der Waals surface area (Å²) < 4.78 is 26.4. The van der Waals surface area contributed by atoms with E-state index < -0.39 is 17.5 Å². The minimum Gasteiger partial charge on any atom is -0.351 e. The van der Waals surface area contributed by atoms with Gasteiger partial charge in [-0.3, -0.25) is 4.79 Å². The Morgan fingerprint density at radius 3 is 2.63 bits per heavy atom. The van der Waals surface area contributed by atoms with E-state index in [0.29, 0.717) is 13.1 Å². The van der Waals surface area contributed by atoms with E-state index >= 15 is 0 Å². The van der Waals surface area contributed by atoms with Crippen LogP contribution in [0.4, 0.5) is 8.78 Å². The summed E-state index contributed by atoms with van der Waals surface area (Å²) in [5.41, 5.74) is -0.251. The zero-order chi connectivity index (χ0) is 14.3. The van der Waals surface area contributed by atoms with Crippen LogP contribution in [0, 0.1) is 11.6 Å². The Morgan fingerprint density at radius 1 is 1.26 bits per heavy atom. The van der Waals surface area contributed by atoms with Gasteiger partial charge in [0.2, 0.25) is 0 Å². The highest BCUT2D eigenvalue weighted by Gasteiger charge is 2.14. The molecule has 0 unspecified atom stereocenters. The molecule has 0 bridgehead atoms. The molecular weight excluding hydrogens is 250 g/mol. The standard InChI is InChI=1S/C14H20F2N2O/c1-3-9-18(4-2)10-8-17-14(19)11-6-5-7-12(15)13(11)16/h5-7H,3-4,8-10H2,1-2H3,(H,17,19). The van der Waals surface area contributed by atoms with Crippen molar-refractivity contribution in [2.45, 2.75) is 20.3 Å². The summed E-state index contributed by atoms with van der Waals surface area (Å²) in [6, 6.07) is 3.59. The van der Waals surface area contributed by atoms with Gasteiger partial charge < -0.3 is 10.2 Å². The number of halogens is 2. The van der Waals surface area contributed by atoms with Crippen molar-refractivity contribution in [1.82, 2.24) is 10.2 Å². The van der Waals surface area contributed by atoms with Gasteiger partial charge in [-0.15, -0.1) is 0 Å². The summed E-state index contributed by atoms with van der Waals surface area (Å²) in [6.45, 7) is 7.11. The highest BCUT2D eigenvalue weighted by molar-refractivity contribution is 5.94. The van der Waals surface area contributed by atoms with Crippen LogP contribution in [0.1, 0.15) is 30.6 Å². The average molecular weight is 270 g/mol. The average Bonchev–Trinajstić information content (AvgIpc) is 2.40. The van der Waals surface area contributed by atoms with E-state index in [-0.39, 0.29) is 5.56 Å². The molecule has 0 aliphatic heterocycles. The Labute approximate surface area is 112 Å². The topological polar surface area (TPSA) is 32.3 Å². The minimum absolute atomic E-state index is 0.251. The number of carbonyl (C=O) groups is 1. The molecule has 1 amide bonds. The lowest BCUT2D eigenvalue weighted by Crippen LogP contribution is -2.35. The molecule has 0 saturated heterocycles. The number of hydrogen-bond acceptors (Lipinski definition) is 2. The van der Waals surface area contributed by atoms with Gasteiger partial charge in [0, 0.05) is 13.1 Å². The first-order valence-electron chi connectivity index (χ1n) is 6.54. The highest BCUT2D eigenvalue weighted by atomic mass is 19.2. The first-order chi connectivity index (χ1) is 9.10. The molecular formula is C14H20F2N2O. The van der Waals surface area contributed by atoms with Crippen LogP contribution < -0.4 is 5.32 Å². The van der Waals surface area contributed by atoms with Crippen molar-refractivity contribution in [3.63, 3.8) is 0 Å². The molecule has 0 saturated carbocycles. The van der Waals surface area contributed by atoms with Crippen molar-refractivity contribution in [1.29, 1.82) is 0 Å². The third-order valence-corrected chi connectivity index (χ3v) is 2.90. The van der Waals surface area contributed by atoms with E-state index in [9.17, 15) is 13.6 Å². The van der Waals surface area contributed by atoms with Gasteiger partial charge >= 0.3 is 0 Å². The van der Waals surface area contributed by atoms with Crippen LogP contribution in [0.5, 0.6) is 0 Å². The van der Waals surface area contributed by atoms with Crippen molar-refractivity contribution in [2.75, 3.05) is 26.2 Å². The number of carbonyl (C=O) groups excluding carboxylic acids is 1. The van der Waals surface area contributed by atoms with Gasteiger partial charge in [0.05, 0.1) is 5.56 Å². The van der Waals surface area contributed by atoms with Gasteiger partial charge in [-0.2, -0.15) is 0 Å². The van der Waals surface area contributed by atoms with Crippen LogP contribution in [-0.2, 0) is 0 Å². The lowest BCUT2D eigenvalue weighted by Gasteiger charge is -2.19. The predicted molar refractivity (Wildman–Crippen MR) is 71.1 cm³/mol. The molecule has 0 fully saturated rings. The summed E-state index contributed by atoms with van der Waals surface area (Å²) in [4.78, 5) is 13.9. The summed E-state index contributed by atoms with van der Waals surface area (Å²) in [5.74, 6) is -2.68. The van der Waals surface area contributed by atoms with Gasteiger partial charge in [0.1, 0.15) is 0 Å². The van der Waals surface area contributed by atoms with Gasteiger partial charge in [-0.1, -0.05) is 19.9 Å². The molecule has 0 aliphatic carbocycles. The van der Waals surface area contributed by atoms with Crippen molar-refractivity contribution >= 4 is 5.91 Å². The summed E-state index contributed by atoms with van der Waals surface area (Å²) in [5, 5.41) is 2.60. The minimum atomic E-state index is -1.10. The molecule has 106 valence electrons. The van der Waals surface area contributed by atoms with Crippen LogP contribution in [0.3, 0.4) is 0 Å². The number of benzene rings is 1. The number of nitrogens with zero attached hydrogens (tertiary/aromatic N) is 1. The number of nitrogens with one attached hydrogen (secondary N) is 1. The molecule has 0 spiro atoms. The molecule has 0 aliphatic rings. The van der Waals surface area contributed by atoms with Crippen LogP contribution in [0.15, 0.2) is 18.2 Å². The molecule has 5 heteroatoms. The Hall–Kier alpha value is -1.49. The quantitative estimate of drug-likeness (QED) is 0.825. The first-order valence-corrected chi connectivity index (χ1v) is 6.54. The Kier molecular flexibility index (Phi) is 6.42. The van der Waals surface area contributed by atoms with Crippen LogP contribution in [0.2, 0.25) is 0 Å². The second-order valence-corrected chi connectivity index (χ2v) is 4.29. The lowest BCUT2D eigenvalue weighted by atomic mass is 10.2. The van der Waals surface area contributed by atoms with E-state index in [0.717, 1.165) is 25.6 Å². The van der Waals surface area contributed by atoms with E-state index in [1.807, 2.05) is 6.92 Å². The molecule has 1 aromatic carbocycles. The van der Waals surface area contributed by atoms with Gasteiger partial charge in [0.25, 0.3) is 5.91 Å². The molecule has 0 heterocycles. The van der Waals surface area contributed by atoms with Crippen LogP contribution >= 0.6 is 0 Å². The molecule has 1 rings (SSSR count). The van der Waals surface area contributed by atoms with Gasteiger partial charge in [-0.25, -0.2) is 8.78 Å².